The molecule has 0 aromatic carbocycles. The summed E-state index contributed by atoms with van der Waals surface area (Å²) in [6.07, 6.45) is 11.7. The molecule has 2 unspecified atom stereocenters. The zero-order chi connectivity index (χ0) is 21.9. The summed E-state index contributed by atoms with van der Waals surface area (Å²) >= 11 is 0. The molecule has 9 atom stereocenters. The van der Waals surface area contributed by atoms with E-state index in [1.807, 2.05) is 0 Å². The summed E-state index contributed by atoms with van der Waals surface area (Å²) in [5.41, 5.74) is 0.742. The van der Waals surface area contributed by atoms with Crippen LogP contribution in [-0.4, -0.2) is 38.3 Å². The monoisotopic (exact) mass is 422 g/mol. The van der Waals surface area contributed by atoms with E-state index in [2.05, 4.69) is 20.8 Å². The number of carboxylic acids is 1. The van der Waals surface area contributed by atoms with Gasteiger partial charge in [0.25, 0.3) is 5.79 Å². The summed E-state index contributed by atoms with van der Waals surface area (Å²) in [5.74, 6) is -1.10. The first-order chi connectivity index (χ1) is 14.0. The van der Waals surface area contributed by atoms with Crippen LogP contribution < -0.4 is 0 Å². The van der Waals surface area contributed by atoms with Gasteiger partial charge < -0.3 is 20.4 Å². The van der Waals surface area contributed by atoms with Gasteiger partial charge in [-0.15, -0.1) is 0 Å². The van der Waals surface area contributed by atoms with Gasteiger partial charge in [0.2, 0.25) is 0 Å². The predicted octanol–water partition coefficient (Wildman–Crippen LogP) is 4.19. The molecule has 4 saturated carbocycles. The molecule has 4 aliphatic carbocycles. The lowest BCUT2D eigenvalue weighted by molar-refractivity contribution is -0.239. The van der Waals surface area contributed by atoms with E-state index in [1.54, 1.807) is 0 Å². The van der Waals surface area contributed by atoms with Crippen molar-refractivity contribution in [3.8, 4) is 0 Å². The van der Waals surface area contributed by atoms with Crippen molar-refractivity contribution in [3.05, 3.63) is 0 Å². The van der Waals surface area contributed by atoms with Gasteiger partial charge in [-0.3, -0.25) is 0 Å². The normalized spacial score (nSPS) is 45.7. The third-order valence-corrected chi connectivity index (χ3v) is 10.7. The van der Waals surface area contributed by atoms with E-state index in [4.69, 9.17) is 5.11 Å². The molecule has 0 radical (unpaired) electrons. The maximum absolute atomic E-state index is 11.1. The molecule has 4 rings (SSSR count). The van der Waals surface area contributed by atoms with Gasteiger partial charge in [0.15, 0.2) is 0 Å². The van der Waals surface area contributed by atoms with Gasteiger partial charge in [-0.25, -0.2) is 4.79 Å². The highest BCUT2D eigenvalue weighted by Gasteiger charge is 2.60. The average Bonchev–Trinajstić information content (AvgIpc) is 3.04. The van der Waals surface area contributed by atoms with Crippen molar-refractivity contribution in [2.24, 2.45) is 46.3 Å². The highest BCUT2D eigenvalue weighted by Crippen LogP contribution is 2.68. The standard InChI is InChI=1S/C25H42O5/c1-15(14-21(26)25(29,30)22(27)28)18-9-10-19-17-8-7-16-6-4-5-12-23(16,2)20(17)11-13-24(18,19)3/h15-21,26,29-30H,4-14H2,1-3H3,(H,27,28)/t15?,16-,17-,18+,19-,20-,21?,23-,24+/m0/s1. The van der Waals surface area contributed by atoms with Crippen LogP contribution in [0.15, 0.2) is 0 Å². The quantitative estimate of drug-likeness (QED) is 0.498. The van der Waals surface area contributed by atoms with Gasteiger partial charge in [-0.2, -0.15) is 0 Å². The molecule has 0 heterocycles. The van der Waals surface area contributed by atoms with Crippen molar-refractivity contribution < 1.29 is 25.2 Å². The van der Waals surface area contributed by atoms with Crippen LogP contribution >= 0.6 is 0 Å². The molecule has 0 aromatic heterocycles. The van der Waals surface area contributed by atoms with E-state index in [-0.39, 0.29) is 17.8 Å². The second-order valence-corrected chi connectivity index (χ2v) is 11.9. The summed E-state index contributed by atoms with van der Waals surface area (Å²) in [7, 11) is 0. The Morgan fingerprint density at radius 3 is 2.37 bits per heavy atom. The molecule has 0 aliphatic heterocycles. The van der Waals surface area contributed by atoms with Gasteiger partial charge in [0, 0.05) is 0 Å². The average molecular weight is 423 g/mol. The zero-order valence-electron chi connectivity index (χ0n) is 19.0. The van der Waals surface area contributed by atoms with Crippen LogP contribution in [0.3, 0.4) is 0 Å². The van der Waals surface area contributed by atoms with Gasteiger partial charge in [0.05, 0.1) is 0 Å². The summed E-state index contributed by atoms with van der Waals surface area (Å²) < 4.78 is 0. The number of hydrogen-bond acceptors (Lipinski definition) is 4. The van der Waals surface area contributed by atoms with Crippen LogP contribution in [-0.2, 0) is 4.79 Å². The van der Waals surface area contributed by atoms with Gasteiger partial charge >= 0.3 is 5.97 Å². The van der Waals surface area contributed by atoms with E-state index < -0.39 is 17.9 Å². The first kappa shape index (κ1) is 22.5. The minimum absolute atomic E-state index is 0.0613. The van der Waals surface area contributed by atoms with Crippen molar-refractivity contribution in [1.29, 1.82) is 0 Å². The molecule has 4 fully saturated rings. The maximum atomic E-state index is 11.1. The first-order valence-corrected chi connectivity index (χ1v) is 12.4. The van der Waals surface area contributed by atoms with E-state index in [0.29, 0.717) is 17.3 Å². The van der Waals surface area contributed by atoms with E-state index >= 15 is 0 Å². The Morgan fingerprint density at radius 2 is 1.67 bits per heavy atom. The lowest BCUT2D eigenvalue weighted by Crippen LogP contribution is -2.53. The van der Waals surface area contributed by atoms with Crippen molar-refractivity contribution in [1.82, 2.24) is 0 Å². The van der Waals surface area contributed by atoms with E-state index in [1.165, 1.54) is 57.8 Å². The smallest absolute Gasteiger partial charge is 0.366 e. The lowest BCUT2D eigenvalue weighted by atomic mass is 9.44. The van der Waals surface area contributed by atoms with Crippen molar-refractivity contribution in [3.63, 3.8) is 0 Å². The highest BCUT2D eigenvalue weighted by molar-refractivity contribution is 5.75. The molecule has 0 amide bonds. The third-order valence-electron chi connectivity index (χ3n) is 10.7. The number of rotatable bonds is 5. The number of fused-ring (bicyclic) bond motifs is 5. The minimum Gasteiger partial charge on any atom is -0.477 e. The molecule has 0 spiro atoms. The summed E-state index contributed by atoms with van der Waals surface area (Å²) in [6, 6.07) is 0. The van der Waals surface area contributed by atoms with Gasteiger partial charge in [-0.05, 0) is 104 Å². The fourth-order valence-electron chi connectivity index (χ4n) is 9.09. The molecule has 5 nitrogen and oxygen atoms in total. The number of carboxylic acid groups (broad SMARTS) is 1. The molecule has 0 aromatic rings. The van der Waals surface area contributed by atoms with Crippen LogP contribution in [0.2, 0.25) is 0 Å². The molecule has 5 heteroatoms. The fraction of sp³-hybridized carbons (Fsp3) is 0.960. The molecule has 30 heavy (non-hydrogen) atoms. The van der Waals surface area contributed by atoms with Crippen molar-refractivity contribution in [2.75, 3.05) is 0 Å². The maximum Gasteiger partial charge on any atom is 0.366 e. The Labute approximate surface area is 181 Å². The number of aliphatic hydroxyl groups excluding tert-OH is 1. The Bertz CT molecular complexity index is 662. The largest absolute Gasteiger partial charge is 0.477 e. The first-order valence-electron chi connectivity index (χ1n) is 12.4. The third kappa shape index (κ3) is 3.34. The van der Waals surface area contributed by atoms with Gasteiger partial charge in [-0.1, -0.05) is 33.6 Å². The Hall–Kier alpha value is -0.650. The molecule has 0 saturated heterocycles. The summed E-state index contributed by atoms with van der Waals surface area (Å²) in [6.45, 7) is 7.09. The van der Waals surface area contributed by atoms with E-state index in [0.717, 1.165) is 24.2 Å². The van der Waals surface area contributed by atoms with Crippen LogP contribution in [0, 0.1) is 46.3 Å². The Balaban J connectivity index is 1.49. The molecular formula is C25H42O5. The minimum atomic E-state index is -3.07. The van der Waals surface area contributed by atoms with Crippen LogP contribution in [0.1, 0.15) is 91.4 Å². The molecule has 4 N–H and O–H groups in total. The number of carbonyl (C=O) groups is 1. The van der Waals surface area contributed by atoms with Crippen molar-refractivity contribution >= 4 is 5.97 Å². The topological polar surface area (TPSA) is 98.0 Å². The highest BCUT2D eigenvalue weighted by atomic mass is 16.6. The molecule has 0 bridgehead atoms. The number of aliphatic hydroxyl groups is 3. The molecule has 172 valence electrons. The van der Waals surface area contributed by atoms with Crippen LogP contribution in [0.5, 0.6) is 0 Å². The fourth-order valence-corrected chi connectivity index (χ4v) is 9.09. The summed E-state index contributed by atoms with van der Waals surface area (Å²) in [5, 5.41) is 38.7. The second-order valence-electron chi connectivity index (χ2n) is 11.9. The van der Waals surface area contributed by atoms with Crippen molar-refractivity contribution in [2.45, 2.75) is 103 Å². The molecule has 4 aliphatic rings. The van der Waals surface area contributed by atoms with E-state index in [9.17, 15) is 20.1 Å². The predicted molar refractivity (Wildman–Crippen MR) is 114 cm³/mol. The lowest BCUT2D eigenvalue weighted by Gasteiger charge is -2.61. The Morgan fingerprint density at radius 1 is 0.967 bits per heavy atom. The number of hydrogen-bond donors (Lipinski definition) is 4. The van der Waals surface area contributed by atoms with Crippen LogP contribution in [0.25, 0.3) is 0 Å². The Kier molecular flexibility index (Phi) is 5.81. The number of aliphatic carboxylic acids is 1. The zero-order valence-corrected chi connectivity index (χ0v) is 19.0. The SMILES string of the molecule is CC(CC(O)C(O)(O)C(=O)O)[C@H]1CC[C@H]2[C@@H]3CC[C@@H]4CCCC[C@]4(C)[C@H]3CC[C@]12C. The summed E-state index contributed by atoms with van der Waals surface area (Å²) in [4.78, 5) is 11.1. The second kappa shape index (κ2) is 7.74. The molecular weight excluding hydrogens is 380 g/mol. The van der Waals surface area contributed by atoms with Gasteiger partial charge in [0.1, 0.15) is 6.10 Å². The van der Waals surface area contributed by atoms with Crippen LogP contribution in [0.4, 0.5) is 0 Å².